The van der Waals surface area contributed by atoms with Crippen molar-refractivity contribution in [1.29, 1.82) is 0 Å². The number of rotatable bonds is 4. The molecule has 1 fully saturated rings. The van der Waals surface area contributed by atoms with Crippen molar-refractivity contribution in [2.45, 2.75) is 6.04 Å². The Morgan fingerprint density at radius 1 is 0.952 bits per heavy atom. The summed E-state index contributed by atoms with van der Waals surface area (Å²) in [6, 6.07) is 19.7. The fraction of sp³-hybridized carbons (Fsp3) is 0.263. The molecule has 1 N–H and O–H groups in total. The van der Waals surface area contributed by atoms with Crippen LogP contribution in [0, 0.1) is 0 Å². The molecule has 0 saturated carbocycles. The molecule has 0 aliphatic carbocycles. The van der Waals surface area contributed by atoms with Crippen LogP contribution < -0.4 is 5.32 Å². The highest BCUT2D eigenvalue weighted by Gasteiger charge is 2.19. The van der Waals surface area contributed by atoms with Gasteiger partial charge < -0.3 is 5.32 Å². The highest BCUT2D eigenvalue weighted by Crippen LogP contribution is 2.27. The highest BCUT2D eigenvalue weighted by molar-refractivity contribution is 5.64. The zero-order valence-corrected chi connectivity index (χ0v) is 12.3. The first kappa shape index (κ1) is 14.1. The Morgan fingerprint density at radius 2 is 1.67 bits per heavy atom. The lowest BCUT2D eigenvalue weighted by atomic mass is 9.98. The van der Waals surface area contributed by atoms with Crippen molar-refractivity contribution in [1.82, 2.24) is 10.2 Å². The molecular formula is C19H22N2. The number of nitrogens with zero attached hydrogens (tertiary/aromatic N) is 1. The first-order chi connectivity index (χ1) is 10.4. The molecule has 0 spiro atoms. The minimum absolute atomic E-state index is 0.302. The summed E-state index contributed by atoms with van der Waals surface area (Å²) in [4.78, 5) is 2.49. The van der Waals surface area contributed by atoms with E-state index in [1.54, 1.807) is 0 Å². The van der Waals surface area contributed by atoms with Crippen LogP contribution in [0.25, 0.3) is 11.1 Å². The summed E-state index contributed by atoms with van der Waals surface area (Å²) in [7, 11) is 0. The highest BCUT2D eigenvalue weighted by atomic mass is 15.2. The van der Waals surface area contributed by atoms with Gasteiger partial charge in [-0.3, -0.25) is 4.90 Å². The van der Waals surface area contributed by atoms with Crippen molar-refractivity contribution in [2.24, 2.45) is 0 Å². The molecule has 1 aliphatic rings. The second-order valence-electron chi connectivity index (χ2n) is 5.46. The van der Waals surface area contributed by atoms with Gasteiger partial charge in [0.1, 0.15) is 0 Å². The number of hydrogen-bond acceptors (Lipinski definition) is 2. The van der Waals surface area contributed by atoms with E-state index in [4.69, 9.17) is 0 Å². The molecule has 2 nitrogen and oxygen atoms in total. The number of piperazine rings is 1. The van der Waals surface area contributed by atoms with E-state index in [0.717, 1.165) is 26.2 Å². The van der Waals surface area contributed by atoms with E-state index in [9.17, 15) is 0 Å². The lowest BCUT2D eigenvalue weighted by Gasteiger charge is -2.33. The average Bonchev–Trinajstić information content (AvgIpc) is 2.58. The van der Waals surface area contributed by atoms with E-state index in [1.807, 2.05) is 0 Å². The second-order valence-corrected chi connectivity index (χ2v) is 5.46. The van der Waals surface area contributed by atoms with Crippen molar-refractivity contribution in [3.8, 4) is 11.1 Å². The smallest absolute Gasteiger partial charge is 0.0530 e. The van der Waals surface area contributed by atoms with Gasteiger partial charge in [0.25, 0.3) is 0 Å². The second kappa shape index (κ2) is 6.70. The molecule has 108 valence electrons. The molecule has 2 aromatic carbocycles. The monoisotopic (exact) mass is 278 g/mol. The third-order valence-corrected chi connectivity index (χ3v) is 4.10. The van der Waals surface area contributed by atoms with Gasteiger partial charge in [-0.05, 0) is 22.8 Å². The molecule has 1 heterocycles. The standard InChI is InChI=1S/C19H22N2/c1-2-19(21-13-11-20-12-14-21)18-10-6-9-17(15-18)16-7-4-3-5-8-16/h2-10,15,19-20H,1,11-14H2/t19-/m1/s1. The third kappa shape index (κ3) is 3.23. The molecule has 3 rings (SSSR count). The molecule has 1 atom stereocenters. The Morgan fingerprint density at radius 3 is 2.38 bits per heavy atom. The van der Waals surface area contributed by atoms with Crippen molar-refractivity contribution in [3.63, 3.8) is 0 Å². The third-order valence-electron chi connectivity index (χ3n) is 4.10. The Bertz CT molecular complexity index is 586. The van der Waals surface area contributed by atoms with Gasteiger partial charge in [0.15, 0.2) is 0 Å². The Balaban J connectivity index is 1.89. The molecule has 0 radical (unpaired) electrons. The van der Waals surface area contributed by atoms with Gasteiger partial charge in [0.2, 0.25) is 0 Å². The summed E-state index contributed by atoms with van der Waals surface area (Å²) in [5.74, 6) is 0. The first-order valence-corrected chi connectivity index (χ1v) is 7.61. The number of hydrogen-bond donors (Lipinski definition) is 1. The molecule has 0 unspecified atom stereocenters. The first-order valence-electron chi connectivity index (χ1n) is 7.61. The maximum absolute atomic E-state index is 4.05. The van der Waals surface area contributed by atoms with Crippen molar-refractivity contribution >= 4 is 0 Å². The van der Waals surface area contributed by atoms with Gasteiger partial charge in [-0.2, -0.15) is 0 Å². The zero-order valence-electron chi connectivity index (χ0n) is 12.3. The van der Waals surface area contributed by atoms with E-state index in [-0.39, 0.29) is 0 Å². The summed E-state index contributed by atoms with van der Waals surface area (Å²) >= 11 is 0. The molecule has 21 heavy (non-hydrogen) atoms. The summed E-state index contributed by atoms with van der Waals surface area (Å²) in [6.45, 7) is 8.32. The van der Waals surface area contributed by atoms with Crippen LogP contribution in [-0.4, -0.2) is 31.1 Å². The largest absolute Gasteiger partial charge is 0.314 e. The molecule has 0 amide bonds. The Hall–Kier alpha value is -1.90. The van der Waals surface area contributed by atoms with Crippen LogP contribution in [0.4, 0.5) is 0 Å². The van der Waals surface area contributed by atoms with Gasteiger partial charge >= 0.3 is 0 Å². The topological polar surface area (TPSA) is 15.3 Å². The molecule has 1 saturated heterocycles. The van der Waals surface area contributed by atoms with Gasteiger partial charge in [0.05, 0.1) is 6.04 Å². The molecular weight excluding hydrogens is 256 g/mol. The molecule has 2 aromatic rings. The van der Waals surface area contributed by atoms with E-state index in [0.29, 0.717) is 6.04 Å². The van der Waals surface area contributed by atoms with Crippen LogP contribution in [0.15, 0.2) is 67.3 Å². The quantitative estimate of drug-likeness (QED) is 0.861. The lowest BCUT2D eigenvalue weighted by molar-refractivity contribution is 0.203. The SMILES string of the molecule is C=C[C@H](c1cccc(-c2ccccc2)c1)N1CCNCC1. The van der Waals surface area contributed by atoms with E-state index in [2.05, 4.69) is 77.5 Å². The molecule has 1 aliphatic heterocycles. The van der Waals surface area contributed by atoms with Crippen LogP contribution in [0.2, 0.25) is 0 Å². The van der Waals surface area contributed by atoms with Crippen molar-refractivity contribution in [2.75, 3.05) is 26.2 Å². The Kier molecular flexibility index (Phi) is 4.49. The summed E-state index contributed by atoms with van der Waals surface area (Å²) in [6.07, 6.45) is 2.06. The van der Waals surface area contributed by atoms with Gasteiger partial charge in [-0.25, -0.2) is 0 Å². The predicted molar refractivity (Wildman–Crippen MR) is 89.3 cm³/mol. The number of nitrogens with one attached hydrogen (secondary N) is 1. The van der Waals surface area contributed by atoms with Crippen LogP contribution in [0.1, 0.15) is 11.6 Å². The fourth-order valence-corrected chi connectivity index (χ4v) is 2.99. The van der Waals surface area contributed by atoms with Crippen LogP contribution >= 0.6 is 0 Å². The fourth-order valence-electron chi connectivity index (χ4n) is 2.99. The van der Waals surface area contributed by atoms with Crippen molar-refractivity contribution in [3.05, 3.63) is 72.8 Å². The minimum Gasteiger partial charge on any atom is -0.314 e. The zero-order chi connectivity index (χ0) is 14.5. The predicted octanol–water partition coefficient (Wildman–Crippen LogP) is 3.49. The van der Waals surface area contributed by atoms with E-state index in [1.165, 1.54) is 16.7 Å². The maximum Gasteiger partial charge on any atom is 0.0530 e. The average molecular weight is 278 g/mol. The van der Waals surface area contributed by atoms with Crippen LogP contribution in [0.3, 0.4) is 0 Å². The van der Waals surface area contributed by atoms with Crippen molar-refractivity contribution < 1.29 is 0 Å². The summed E-state index contributed by atoms with van der Waals surface area (Å²) in [5.41, 5.74) is 3.87. The maximum atomic E-state index is 4.05. The summed E-state index contributed by atoms with van der Waals surface area (Å²) < 4.78 is 0. The van der Waals surface area contributed by atoms with Gasteiger partial charge in [0, 0.05) is 26.2 Å². The van der Waals surface area contributed by atoms with Gasteiger partial charge in [-0.15, -0.1) is 6.58 Å². The van der Waals surface area contributed by atoms with Crippen LogP contribution in [-0.2, 0) is 0 Å². The molecule has 0 bridgehead atoms. The minimum atomic E-state index is 0.302. The lowest BCUT2D eigenvalue weighted by Crippen LogP contribution is -2.44. The Labute approximate surface area is 127 Å². The molecule has 0 aromatic heterocycles. The normalized spacial score (nSPS) is 17.3. The van der Waals surface area contributed by atoms with E-state index < -0.39 is 0 Å². The molecule has 2 heteroatoms. The van der Waals surface area contributed by atoms with Gasteiger partial charge in [-0.1, -0.05) is 54.6 Å². The van der Waals surface area contributed by atoms with E-state index >= 15 is 0 Å². The van der Waals surface area contributed by atoms with Crippen LogP contribution in [0.5, 0.6) is 0 Å². The summed E-state index contributed by atoms with van der Waals surface area (Å²) in [5, 5.41) is 3.41. The number of benzene rings is 2.